The Morgan fingerprint density at radius 1 is 1.38 bits per heavy atom. The van der Waals surface area contributed by atoms with Crippen LogP contribution in [-0.4, -0.2) is 23.1 Å². The molecule has 0 saturated carbocycles. The monoisotopic (exact) mass is 375 g/mol. The molecule has 16 heavy (non-hydrogen) atoms. The van der Waals surface area contributed by atoms with E-state index in [4.69, 9.17) is 11.6 Å². The highest BCUT2D eigenvalue weighted by atomic mass is 79.9. The van der Waals surface area contributed by atoms with Gasteiger partial charge in [-0.1, -0.05) is 31.9 Å². The standard InChI is InChI=1S/C7H8Br2ClN3O3/c1-7(9,10)3(8)2-13-5(15)11-4(14)12-6(13)16/h3H,2H2,1H3,(H2,11,12,14,15,16)/t3-,7+/m0/s1. The topological polar surface area (TPSA) is 87.7 Å². The Kier molecular flexibility index (Phi) is 4.19. The van der Waals surface area contributed by atoms with Crippen molar-refractivity contribution in [2.75, 3.05) is 0 Å². The highest BCUT2D eigenvalue weighted by Gasteiger charge is 2.27. The Morgan fingerprint density at radius 2 is 1.81 bits per heavy atom. The van der Waals surface area contributed by atoms with E-state index in [1.165, 1.54) is 0 Å². The Balaban J connectivity index is 3.13. The summed E-state index contributed by atoms with van der Waals surface area (Å²) < 4.78 is 0.0394. The number of hydrogen-bond acceptors (Lipinski definition) is 3. The summed E-state index contributed by atoms with van der Waals surface area (Å²) in [6, 6.07) is 0. The zero-order valence-corrected chi connectivity index (χ0v) is 12.0. The average molecular weight is 377 g/mol. The van der Waals surface area contributed by atoms with Gasteiger partial charge in [-0.15, -0.1) is 11.6 Å². The van der Waals surface area contributed by atoms with Crippen molar-refractivity contribution in [3.05, 3.63) is 31.5 Å². The van der Waals surface area contributed by atoms with Crippen molar-refractivity contribution in [1.82, 2.24) is 14.5 Å². The number of aromatic nitrogens is 3. The second kappa shape index (κ2) is 4.89. The van der Waals surface area contributed by atoms with Crippen molar-refractivity contribution in [3.63, 3.8) is 0 Å². The van der Waals surface area contributed by atoms with E-state index in [-0.39, 0.29) is 11.4 Å². The molecule has 2 N–H and O–H groups in total. The van der Waals surface area contributed by atoms with Gasteiger partial charge in [0.05, 0.1) is 4.83 Å². The van der Waals surface area contributed by atoms with Crippen LogP contribution in [0.25, 0.3) is 0 Å². The third-order valence-corrected chi connectivity index (χ3v) is 4.72. The van der Waals surface area contributed by atoms with Gasteiger partial charge in [0.1, 0.15) is 3.78 Å². The summed E-state index contributed by atoms with van der Waals surface area (Å²) in [5, 5.41) is 0. The van der Waals surface area contributed by atoms with Crippen molar-refractivity contribution in [2.24, 2.45) is 0 Å². The first-order valence-corrected chi connectivity index (χ1v) is 6.26. The Hall–Kier alpha value is -0.340. The highest BCUT2D eigenvalue weighted by molar-refractivity contribution is 9.13. The molecular weight excluding hydrogens is 369 g/mol. The summed E-state index contributed by atoms with van der Waals surface area (Å²) in [5.74, 6) is 0. The van der Waals surface area contributed by atoms with Gasteiger partial charge in [0.2, 0.25) is 0 Å². The van der Waals surface area contributed by atoms with Crippen LogP contribution < -0.4 is 17.1 Å². The molecule has 0 aromatic carbocycles. The summed E-state index contributed by atoms with van der Waals surface area (Å²) in [7, 11) is 0. The number of alkyl halides is 3. The van der Waals surface area contributed by atoms with Crippen molar-refractivity contribution >= 4 is 43.5 Å². The predicted molar refractivity (Wildman–Crippen MR) is 67.8 cm³/mol. The molecule has 0 spiro atoms. The third-order valence-electron chi connectivity index (χ3n) is 1.82. The molecule has 1 aromatic heterocycles. The number of hydrogen-bond donors (Lipinski definition) is 2. The van der Waals surface area contributed by atoms with E-state index in [1.54, 1.807) is 6.92 Å². The molecule has 0 saturated heterocycles. The van der Waals surface area contributed by atoms with Crippen molar-refractivity contribution < 1.29 is 0 Å². The lowest BCUT2D eigenvalue weighted by Gasteiger charge is -2.20. The minimum Gasteiger partial charge on any atom is -0.259 e. The van der Waals surface area contributed by atoms with Gasteiger partial charge >= 0.3 is 17.1 Å². The van der Waals surface area contributed by atoms with Gasteiger partial charge in [-0.3, -0.25) is 9.97 Å². The molecule has 9 heteroatoms. The van der Waals surface area contributed by atoms with Crippen LogP contribution in [0.4, 0.5) is 0 Å². The summed E-state index contributed by atoms with van der Waals surface area (Å²) in [6.07, 6.45) is 0. The number of nitrogens with one attached hydrogen (secondary N) is 2. The molecule has 0 unspecified atom stereocenters. The largest absolute Gasteiger partial charge is 0.333 e. The van der Waals surface area contributed by atoms with Gasteiger partial charge in [-0.05, 0) is 6.92 Å². The molecule has 0 aliphatic rings. The van der Waals surface area contributed by atoms with E-state index in [2.05, 4.69) is 31.9 Å². The van der Waals surface area contributed by atoms with E-state index in [9.17, 15) is 14.4 Å². The van der Waals surface area contributed by atoms with E-state index in [0.29, 0.717) is 0 Å². The smallest absolute Gasteiger partial charge is 0.259 e. The molecule has 0 aliphatic carbocycles. The number of rotatable bonds is 3. The maximum Gasteiger partial charge on any atom is 0.333 e. The van der Waals surface area contributed by atoms with Crippen LogP contribution in [-0.2, 0) is 6.54 Å². The maximum atomic E-state index is 11.3. The average Bonchev–Trinajstić information content (AvgIpc) is 2.08. The lowest BCUT2D eigenvalue weighted by Crippen LogP contribution is -2.46. The molecule has 1 heterocycles. The predicted octanol–water partition coefficient (Wildman–Crippen LogP) is 0.338. The molecule has 1 rings (SSSR count). The van der Waals surface area contributed by atoms with Crippen LogP contribution in [0.5, 0.6) is 0 Å². The highest BCUT2D eigenvalue weighted by Crippen LogP contribution is 2.32. The number of halogens is 3. The quantitative estimate of drug-likeness (QED) is 0.745. The van der Waals surface area contributed by atoms with Crippen LogP contribution in [0.3, 0.4) is 0 Å². The fraction of sp³-hybridized carbons (Fsp3) is 0.571. The van der Waals surface area contributed by atoms with Gasteiger partial charge in [0.25, 0.3) is 0 Å². The van der Waals surface area contributed by atoms with Crippen LogP contribution in [0.2, 0.25) is 0 Å². The molecular formula is C7H8Br2ClN3O3. The van der Waals surface area contributed by atoms with E-state index in [0.717, 1.165) is 4.57 Å². The lowest BCUT2D eigenvalue weighted by atomic mass is 10.3. The molecule has 6 nitrogen and oxygen atoms in total. The Labute approximate surface area is 111 Å². The molecule has 0 amide bonds. The van der Waals surface area contributed by atoms with Crippen LogP contribution >= 0.6 is 43.5 Å². The summed E-state index contributed by atoms with van der Waals surface area (Å²) in [6.45, 7) is 1.69. The maximum absolute atomic E-state index is 11.3. The molecule has 2 atom stereocenters. The third kappa shape index (κ3) is 3.33. The summed E-state index contributed by atoms with van der Waals surface area (Å²) in [4.78, 5) is 37.0. The van der Waals surface area contributed by atoms with E-state index in [1.807, 2.05) is 9.97 Å². The fourth-order valence-corrected chi connectivity index (χ4v) is 1.44. The van der Waals surface area contributed by atoms with Crippen molar-refractivity contribution in [1.29, 1.82) is 0 Å². The molecule has 0 bridgehead atoms. The minimum atomic E-state index is -0.829. The first-order valence-electron chi connectivity index (χ1n) is 4.17. The lowest BCUT2D eigenvalue weighted by molar-refractivity contribution is 0.570. The number of H-pyrrole nitrogens is 2. The number of aromatic amines is 2. The van der Waals surface area contributed by atoms with Crippen LogP contribution in [0, 0.1) is 0 Å². The normalized spacial score (nSPS) is 16.8. The van der Waals surface area contributed by atoms with E-state index >= 15 is 0 Å². The Morgan fingerprint density at radius 3 is 2.19 bits per heavy atom. The van der Waals surface area contributed by atoms with Crippen molar-refractivity contribution in [2.45, 2.75) is 22.1 Å². The van der Waals surface area contributed by atoms with E-state index < -0.39 is 20.9 Å². The fourth-order valence-electron chi connectivity index (χ4n) is 0.939. The van der Waals surface area contributed by atoms with Crippen molar-refractivity contribution in [3.8, 4) is 0 Å². The minimum absolute atomic E-state index is 0.0240. The number of nitrogens with zero attached hydrogens (tertiary/aromatic N) is 1. The summed E-state index contributed by atoms with van der Waals surface area (Å²) in [5.41, 5.74) is -2.37. The first kappa shape index (κ1) is 13.7. The second-order valence-electron chi connectivity index (χ2n) is 3.22. The second-order valence-corrected chi connectivity index (χ2v) is 7.22. The molecule has 0 aliphatic heterocycles. The van der Waals surface area contributed by atoms with Crippen LogP contribution in [0.1, 0.15) is 6.92 Å². The SMILES string of the molecule is C[C@](Cl)(Br)[C@@H](Br)Cn1c(=O)[nH]c(=O)[nH]c1=O. The van der Waals surface area contributed by atoms with Gasteiger partial charge < -0.3 is 0 Å². The first-order chi connectivity index (χ1) is 7.21. The van der Waals surface area contributed by atoms with Gasteiger partial charge in [0.15, 0.2) is 0 Å². The zero-order chi connectivity index (χ0) is 12.5. The van der Waals surface area contributed by atoms with Crippen LogP contribution in [0.15, 0.2) is 14.4 Å². The zero-order valence-electron chi connectivity index (χ0n) is 8.09. The molecule has 1 aromatic rings. The summed E-state index contributed by atoms with van der Waals surface area (Å²) >= 11 is 12.4. The Bertz CT molecular complexity index is 507. The van der Waals surface area contributed by atoms with Gasteiger partial charge in [-0.2, -0.15) is 0 Å². The van der Waals surface area contributed by atoms with Gasteiger partial charge in [0, 0.05) is 6.54 Å². The molecule has 0 radical (unpaired) electrons. The van der Waals surface area contributed by atoms with Gasteiger partial charge in [-0.25, -0.2) is 19.0 Å². The molecule has 90 valence electrons. The molecule has 0 fully saturated rings.